The number of methoxy groups -OCH3 is 1. The summed E-state index contributed by atoms with van der Waals surface area (Å²) in [5, 5.41) is 9.97. The number of rotatable bonds is 8. The number of aromatic nitrogens is 3. The highest BCUT2D eigenvalue weighted by atomic mass is 16.5. The van der Waals surface area contributed by atoms with Gasteiger partial charge in [-0.2, -0.15) is 0 Å². The highest BCUT2D eigenvalue weighted by Gasteiger charge is 2.43. The molecule has 8 nitrogen and oxygen atoms in total. The molecule has 0 radical (unpaired) electrons. The zero-order valence-corrected chi connectivity index (χ0v) is 18.1. The highest BCUT2D eigenvalue weighted by molar-refractivity contribution is 5.98. The van der Waals surface area contributed by atoms with Crippen LogP contribution < -0.4 is 15.4 Å². The van der Waals surface area contributed by atoms with E-state index < -0.39 is 5.41 Å². The summed E-state index contributed by atoms with van der Waals surface area (Å²) >= 11 is 0. The molecule has 1 aromatic heterocycles. The number of hydrogen-bond acceptors (Lipinski definition) is 5. The van der Waals surface area contributed by atoms with Crippen LogP contribution in [0, 0.1) is 0 Å². The lowest BCUT2D eigenvalue weighted by Gasteiger charge is -2.27. The monoisotopic (exact) mass is 433 g/mol. The van der Waals surface area contributed by atoms with E-state index in [1.54, 1.807) is 7.11 Å². The van der Waals surface area contributed by atoms with Crippen molar-refractivity contribution >= 4 is 17.8 Å². The summed E-state index contributed by atoms with van der Waals surface area (Å²) in [6, 6.07) is 17.3. The van der Waals surface area contributed by atoms with Gasteiger partial charge in [0.25, 0.3) is 0 Å². The Hall–Kier alpha value is -3.68. The smallest absolute Gasteiger partial charge is 0.248 e. The van der Waals surface area contributed by atoms with Crippen LogP contribution in [0.5, 0.6) is 5.75 Å². The van der Waals surface area contributed by atoms with E-state index in [0.717, 1.165) is 42.6 Å². The minimum atomic E-state index is -0.606. The normalized spacial score (nSPS) is 14.7. The number of nitrogens with zero attached hydrogens (tertiary/aromatic N) is 3. The highest BCUT2D eigenvalue weighted by Crippen LogP contribution is 2.42. The van der Waals surface area contributed by atoms with Crippen molar-refractivity contribution in [2.24, 2.45) is 0 Å². The first-order valence-electron chi connectivity index (χ1n) is 10.8. The molecule has 0 spiro atoms. The van der Waals surface area contributed by atoms with Gasteiger partial charge < -0.3 is 10.1 Å². The van der Waals surface area contributed by atoms with Gasteiger partial charge in [-0.25, -0.2) is 9.67 Å². The summed E-state index contributed by atoms with van der Waals surface area (Å²) in [6.45, 7) is 0.474. The first-order chi connectivity index (χ1) is 15.6. The molecule has 3 aromatic rings. The Morgan fingerprint density at radius 1 is 1.06 bits per heavy atom. The summed E-state index contributed by atoms with van der Waals surface area (Å²) in [6.07, 6.45) is 4.97. The number of carbonyl (C=O) groups excluding carboxylic acids is 2. The van der Waals surface area contributed by atoms with Crippen LogP contribution >= 0.6 is 0 Å². The van der Waals surface area contributed by atoms with E-state index >= 15 is 0 Å². The van der Waals surface area contributed by atoms with E-state index in [0.29, 0.717) is 6.54 Å². The lowest BCUT2D eigenvalue weighted by Crippen LogP contribution is -2.38. The molecule has 0 bridgehead atoms. The number of amides is 2. The molecule has 166 valence electrons. The minimum absolute atomic E-state index is 0.0271. The number of anilines is 1. The van der Waals surface area contributed by atoms with E-state index in [9.17, 15) is 9.59 Å². The summed E-state index contributed by atoms with van der Waals surface area (Å²) < 4.78 is 6.66. The molecule has 2 amide bonds. The molecule has 32 heavy (non-hydrogen) atoms. The predicted octanol–water partition coefficient (Wildman–Crippen LogP) is 3.05. The Morgan fingerprint density at radius 2 is 1.78 bits per heavy atom. The molecule has 1 aliphatic carbocycles. The van der Waals surface area contributed by atoms with Crippen LogP contribution in [-0.4, -0.2) is 33.7 Å². The van der Waals surface area contributed by atoms with Gasteiger partial charge in [0.1, 0.15) is 18.6 Å². The Bertz CT molecular complexity index is 1060. The molecule has 0 unspecified atom stereocenters. The second-order valence-corrected chi connectivity index (χ2v) is 8.00. The van der Waals surface area contributed by atoms with Crippen LogP contribution in [0.3, 0.4) is 0 Å². The Labute approximate surface area is 187 Å². The van der Waals surface area contributed by atoms with E-state index in [1.165, 1.54) is 11.0 Å². The van der Waals surface area contributed by atoms with Gasteiger partial charge in [0, 0.05) is 6.54 Å². The lowest BCUT2D eigenvalue weighted by atomic mass is 9.78. The molecule has 0 saturated heterocycles. The Kier molecular flexibility index (Phi) is 6.49. The van der Waals surface area contributed by atoms with Crippen LogP contribution in [0.15, 0.2) is 60.9 Å². The van der Waals surface area contributed by atoms with Crippen molar-refractivity contribution in [2.75, 3.05) is 12.4 Å². The molecule has 2 N–H and O–H groups in total. The van der Waals surface area contributed by atoms with E-state index in [4.69, 9.17) is 4.74 Å². The van der Waals surface area contributed by atoms with E-state index in [2.05, 4.69) is 20.7 Å². The van der Waals surface area contributed by atoms with Gasteiger partial charge in [-0.1, -0.05) is 55.3 Å². The average molecular weight is 434 g/mol. The Morgan fingerprint density at radius 3 is 2.47 bits per heavy atom. The van der Waals surface area contributed by atoms with Crippen LogP contribution in [-0.2, 0) is 28.1 Å². The quantitative estimate of drug-likeness (QED) is 0.569. The molecule has 0 atom stereocenters. The van der Waals surface area contributed by atoms with Crippen LogP contribution in [0.25, 0.3) is 0 Å². The van der Waals surface area contributed by atoms with Crippen molar-refractivity contribution in [3.8, 4) is 5.75 Å². The van der Waals surface area contributed by atoms with Gasteiger partial charge in [0.15, 0.2) is 0 Å². The van der Waals surface area contributed by atoms with Crippen LogP contribution in [0.4, 0.5) is 5.95 Å². The summed E-state index contributed by atoms with van der Waals surface area (Å²) in [7, 11) is 1.62. The number of carbonyl (C=O) groups is 2. The number of hydrogen-bond donors (Lipinski definition) is 2. The maximum Gasteiger partial charge on any atom is 0.248 e. The van der Waals surface area contributed by atoms with E-state index in [1.807, 2.05) is 54.6 Å². The maximum absolute atomic E-state index is 13.3. The maximum atomic E-state index is 13.3. The van der Waals surface area contributed by atoms with Crippen LogP contribution in [0.1, 0.15) is 36.8 Å². The lowest BCUT2D eigenvalue weighted by molar-refractivity contribution is -0.122. The van der Waals surface area contributed by atoms with Gasteiger partial charge in [0.2, 0.25) is 17.8 Å². The van der Waals surface area contributed by atoms with Crippen molar-refractivity contribution in [1.82, 2.24) is 20.1 Å². The fraction of sp³-hybridized carbons (Fsp3) is 0.333. The largest absolute Gasteiger partial charge is 0.497 e. The molecular formula is C24H27N5O3. The third-order valence-corrected chi connectivity index (χ3v) is 5.93. The topological polar surface area (TPSA) is 98.1 Å². The van der Waals surface area contributed by atoms with Gasteiger partial charge in [0.05, 0.1) is 12.5 Å². The number of nitrogens with one attached hydrogen (secondary N) is 2. The van der Waals surface area contributed by atoms with Gasteiger partial charge in [-0.05, 0) is 36.1 Å². The third-order valence-electron chi connectivity index (χ3n) is 5.93. The molecular weight excluding hydrogens is 406 g/mol. The summed E-state index contributed by atoms with van der Waals surface area (Å²) in [5.41, 5.74) is 1.38. The molecule has 1 aliphatic rings. The zero-order chi connectivity index (χ0) is 22.4. The molecule has 2 aromatic carbocycles. The standard InChI is InChI=1S/C24H27N5O3/c1-32-20-11-9-19(10-12-20)24(13-5-6-14-24)22(31)27-23-26-17-29(28-23)16-21(30)25-15-18-7-3-2-4-8-18/h2-4,7-12,17H,5-6,13-16H2,1H3,(H,25,30)(H,27,28,31). The second-order valence-electron chi connectivity index (χ2n) is 8.00. The zero-order valence-electron chi connectivity index (χ0n) is 18.1. The molecule has 0 aliphatic heterocycles. The van der Waals surface area contributed by atoms with Gasteiger partial charge in [-0.15, -0.1) is 5.10 Å². The average Bonchev–Trinajstić information content (AvgIpc) is 3.49. The number of benzene rings is 2. The van der Waals surface area contributed by atoms with Gasteiger partial charge in [-0.3, -0.25) is 14.9 Å². The molecule has 1 fully saturated rings. The van der Waals surface area contributed by atoms with Crippen molar-refractivity contribution in [3.05, 3.63) is 72.1 Å². The SMILES string of the molecule is COc1ccc(C2(C(=O)Nc3ncn(CC(=O)NCc4ccccc4)n3)CCCC2)cc1. The second kappa shape index (κ2) is 9.64. The first-order valence-corrected chi connectivity index (χ1v) is 10.8. The molecule has 1 saturated carbocycles. The van der Waals surface area contributed by atoms with Crippen molar-refractivity contribution in [3.63, 3.8) is 0 Å². The number of ether oxygens (including phenoxy) is 1. The van der Waals surface area contributed by atoms with E-state index in [-0.39, 0.29) is 24.3 Å². The van der Waals surface area contributed by atoms with Crippen LogP contribution in [0.2, 0.25) is 0 Å². The Balaban J connectivity index is 1.38. The fourth-order valence-corrected chi connectivity index (χ4v) is 4.18. The minimum Gasteiger partial charge on any atom is -0.497 e. The molecule has 8 heteroatoms. The first kappa shape index (κ1) is 21.5. The molecule has 1 heterocycles. The van der Waals surface area contributed by atoms with Crippen molar-refractivity contribution in [2.45, 2.75) is 44.2 Å². The third kappa shape index (κ3) is 4.80. The molecule has 4 rings (SSSR count). The summed E-state index contributed by atoms with van der Waals surface area (Å²) in [4.78, 5) is 29.7. The van der Waals surface area contributed by atoms with Crippen molar-refractivity contribution < 1.29 is 14.3 Å². The van der Waals surface area contributed by atoms with Crippen molar-refractivity contribution in [1.29, 1.82) is 0 Å². The summed E-state index contributed by atoms with van der Waals surface area (Å²) in [5.74, 6) is 0.660. The fourth-order valence-electron chi connectivity index (χ4n) is 4.18. The predicted molar refractivity (Wildman–Crippen MR) is 120 cm³/mol. The van der Waals surface area contributed by atoms with Gasteiger partial charge >= 0.3 is 0 Å².